The lowest BCUT2D eigenvalue weighted by atomic mass is 9.94. The number of halogens is 4. The van der Waals surface area contributed by atoms with E-state index in [2.05, 4.69) is 9.47 Å². The van der Waals surface area contributed by atoms with Gasteiger partial charge in [-0.05, 0) is 54.7 Å². The van der Waals surface area contributed by atoms with Gasteiger partial charge >= 0.3 is 19.2 Å². The predicted octanol–water partition coefficient (Wildman–Crippen LogP) is 4.60. The van der Waals surface area contributed by atoms with Gasteiger partial charge in [-0.3, -0.25) is 4.79 Å². The molecular formula is C24H25F4NO7S. The van der Waals surface area contributed by atoms with E-state index in [4.69, 9.17) is 4.74 Å². The van der Waals surface area contributed by atoms with Crippen LogP contribution in [0.25, 0.3) is 0 Å². The Hall–Kier alpha value is -3.19. The first-order chi connectivity index (χ1) is 17.4. The summed E-state index contributed by atoms with van der Waals surface area (Å²) in [6.07, 6.45) is 0.929. The van der Waals surface area contributed by atoms with E-state index in [1.807, 2.05) is 13.8 Å². The number of Topliss-reactive ketones (excluding diaryl/α,β-unsaturated/α-hetero) is 1. The van der Waals surface area contributed by atoms with E-state index < -0.39 is 58.7 Å². The predicted molar refractivity (Wildman–Crippen MR) is 122 cm³/mol. The minimum atomic E-state index is -3.76. The number of carbonyl (C=O) groups is 2. The molecule has 13 heteroatoms. The van der Waals surface area contributed by atoms with Crippen LogP contribution in [0.4, 0.5) is 17.6 Å². The molecule has 202 valence electrons. The largest absolute Gasteiger partial charge is 0.454 e. The van der Waals surface area contributed by atoms with Crippen LogP contribution in [0, 0.1) is 11.8 Å². The van der Waals surface area contributed by atoms with Gasteiger partial charge in [0.15, 0.2) is 6.61 Å². The Morgan fingerprint density at radius 1 is 0.946 bits per heavy atom. The molecule has 0 aliphatic carbocycles. The van der Waals surface area contributed by atoms with Crippen LogP contribution in [-0.2, 0) is 14.8 Å². The number of nitrogens with zero attached hydrogens (tertiary/aromatic N) is 1. The van der Waals surface area contributed by atoms with E-state index >= 15 is 0 Å². The second-order valence-electron chi connectivity index (χ2n) is 8.71. The van der Waals surface area contributed by atoms with Crippen molar-refractivity contribution < 1.29 is 49.8 Å². The van der Waals surface area contributed by atoms with Crippen LogP contribution in [0.3, 0.4) is 0 Å². The molecule has 0 unspecified atom stereocenters. The summed E-state index contributed by atoms with van der Waals surface area (Å²) in [5.74, 6) is -2.73. The van der Waals surface area contributed by atoms with E-state index in [9.17, 15) is 35.6 Å². The molecule has 2 aromatic carbocycles. The number of piperidine rings is 1. The van der Waals surface area contributed by atoms with Gasteiger partial charge in [0.2, 0.25) is 15.8 Å². The first-order valence-electron chi connectivity index (χ1n) is 11.2. The molecule has 1 saturated heterocycles. The summed E-state index contributed by atoms with van der Waals surface area (Å²) in [6.45, 7) is -2.72. The lowest BCUT2D eigenvalue weighted by Gasteiger charge is -2.34. The summed E-state index contributed by atoms with van der Waals surface area (Å²) in [5.41, 5.74) is -0.488. The molecule has 3 rings (SSSR count). The van der Waals surface area contributed by atoms with Crippen LogP contribution in [-0.4, -0.2) is 57.4 Å². The van der Waals surface area contributed by atoms with Crippen LogP contribution >= 0.6 is 0 Å². The zero-order valence-corrected chi connectivity index (χ0v) is 20.7. The van der Waals surface area contributed by atoms with Gasteiger partial charge in [-0.25, -0.2) is 13.2 Å². The monoisotopic (exact) mass is 547 g/mol. The summed E-state index contributed by atoms with van der Waals surface area (Å²) in [6, 6.07) is 7.55. The number of hydrogen-bond donors (Lipinski definition) is 0. The second-order valence-corrected chi connectivity index (χ2v) is 10.6. The highest BCUT2D eigenvalue weighted by molar-refractivity contribution is 7.89. The molecule has 1 fully saturated rings. The number of esters is 1. The minimum Gasteiger partial charge on any atom is -0.454 e. The third-order valence-electron chi connectivity index (χ3n) is 5.59. The maximum Gasteiger partial charge on any atom is 0.387 e. The van der Waals surface area contributed by atoms with Crippen molar-refractivity contribution in [2.45, 2.75) is 38.4 Å². The van der Waals surface area contributed by atoms with Crippen molar-refractivity contribution in [3.63, 3.8) is 0 Å². The van der Waals surface area contributed by atoms with Crippen LogP contribution in [0.5, 0.6) is 11.5 Å². The highest BCUT2D eigenvalue weighted by atomic mass is 32.2. The third-order valence-corrected chi connectivity index (χ3v) is 7.44. The van der Waals surface area contributed by atoms with Gasteiger partial charge in [0.05, 0.1) is 16.0 Å². The molecule has 0 amide bonds. The fourth-order valence-electron chi connectivity index (χ4n) is 4.11. The first kappa shape index (κ1) is 28.4. The highest BCUT2D eigenvalue weighted by Gasteiger charge is 2.31. The summed E-state index contributed by atoms with van der Waals surface area (Å²) in [7, 11) is -3.76. The van der Waals surface area contributed by atoms with E-state index in [1.165, 1.54) is 28.6 Å². The van der Waals surface area contributed by atoms with Crippen LogP contribution in [0.2, 0.25) is 0 Å². The van der Waals surface area contributed by atoms with Crippen molar-refractivity contribution >= 4 is 21.8 Å². The molecule has 0 spiro atoms. The molecular weight excluding hydrogens is 522 g/mol. The highest BCUT2D eigenvalue weighted by Crippen LogP contribution is 2.29. The smallest absolute Gasteiger partial charge is 0.387 e. The van der Waals surface area contributed by atoms with Crippen molar-refractivity contribution in [2.75, 3.05) is 19.7 Å². The lowest BCUT2D eigenvalue weighted by Crippen LogP contribution is -2.42. The molecule has 0 saturated carbocycles. The van der Waals surface area contributed by atoms with E-state index in [1.54, 1.807) is 0 Å². The normalized spacial score (nSPS) is 18.6. The van der Waals surface area contributed by atoms with Gasteiger partial charge in [-0.1, -0.05) is 13.8 Å². The second kappa shape index (κ2) is 11.9. The van der Waals surface area contributed by atoms with Crippen LogP contribution in [0.15, 0.2) is 47.4 Å². The summed E-state index contributed by atoms with van der Waals surface area (Å²) in [4.78, 5) is 24.8. The van der Waals surface area contributed by atoms with Gasteiger partial charge in [0.25, 0.3) is 0 Å². The Bertz CT molecular complexity index is 1210. The number of alkyl halides is 4. The van der Waals surface area contributed by atoms with Crippen LogP contribution < -0.4 is 9.47 Å². The Morgan fingerprint density at radius 3 is 2.11 bits per heavy atom. The maximum atomic E-state index is 13.0. The van der Waals surface area contributed by atoms with Crippen molar-refractivity contribution in [1.29, 1.82) is 0 Å². The SMILES string of the molecule is C[C@H]1C[C@H](C)CN(S(=O)(=O)c2ccc(C(=O)OCC(=O)c3ccc(OC(F)F)cc3OC(F)F)cc2)C1. The van der Waals surface area contributed by atoms with Crippen molar-refractivity contribution in [1.82, 2.24) is 4.31 Å². The molecule has 0 aromatic heterocycles. The quantitative estimate of drug-likeness (QED) is 0.244. The molecule has 8 nitrogen and oxygen atoms in total. The molecule has 1 aliphatic heterocycles. The third kappa shape index (κ3) is 7.41. The number of ketones is 1. The van der Waals surface area contributed by atoms with Gasteiger partial charge in [-0.2, -0.15) is 21.9 Å². The molecule has 0 bridgehead atoms. The average molecular weight is 548 g/mol. The van der Waals surface area contributed by atoms with Gasteiger partial charge in [0, 0.05) is 19.2 Å². The van der Waals surface area contributed by atoms with E-state index in [-0.39, 0.29) is 22.3 Å². The number of rotatable bonds is 10. The van der Waals surface area contributed by atoms with Crippen LogP contribution in [0.1, 0.15) is 41.0 Å². The Morgan fingerprint density at radius 2 is 1.54 bits per heavy atom. The zero-order chi connectivity index (χ0) is 27.3. The number of sulfonamides is 1. The molecule has 1 aliphatic rings. The average Bonchev–Trinajstić information content (AvgIpc) is 2.81. The van der Waals surface area contributed by atoms with E-state index in [0.29, 0.717) is 19.2 Å². The fraction of sp³-hybridized carbons (Fsp3) is 0.417. The number of carbonyl (C=O) groups excluding carboxylic acids is 2. The molecule has 0 radical (unpaired) electrons. The number of hydrogen-bond acceptors (Lipinski definition) is 7. The molecule has 37 heavy (non-hydrogen) atoms. The summed E-state index contributed by atoms with van der Waals surface area (Å²) in [5, 5.41) is 0. The topological polar surface area (TPSA) is 99.2 Å². The Labute approximate surface area is 211 Å². The van der Waals surface area contributed by atoms with Gasteiger partial charge in [0.1, 0.15) is 11.5 Å². The molecule has 1 heterocycles. The van der Waals surface area contributed by atoms with Crippen molar-refractivity contribution in [2.24, 2.45) is 11.8 Å². The zero-order valence-electron chi connectivity index (χ0n) is 19.9. The Balaban J connectivity index is 1.67. The number of ether oxygens (including phenoxy) is 3. The molecule has 2 aromatic rings. The van der Waals surface area contributed by atoms with Crippen molar-refractivity contribution in [3.8, 4) is 11.5 Å². The first-order valence-corrected chi connectivity index (χ1v) is 12.6. The van der Waals surface area contributed by atoms with Gasteiger partial charge < -0.3 is 14.2 Å². The van der Waals surface area contributed by atoms with Gasteiger partial charge in [-0.15, -0.1) is 0 Å². The molecule has 0 N–H and O–H groups in total. The summed E-state index contributed by atoms with van der Waals surface area (Å²) >= 11 is 0. The lowest BCUT2D eigenvalue weighted by molar-refractivity contribution is -0.0545. The Kier molecular flexibility index (Phi) is 9.13. The molecule has 2 atom stereocenters. The maximum absolute atomic E-state index is 13.0. The number of benzene rings is 2. The summed E-state index contributed by atoms with van der Waals surface area (Å²) < 4.78 is 90.8. The minimum absolute atomic E-state index is 0.00122. The van der Waals surface area contributed by atoms with E-state index in [0.717, 1.165) is 18.6 Å². The standard InChI is InChI=1S/C24H25F4NO7S/c1-14-9-15(2)12-29(11-14)37(32,33)18-6-3-16(4-7-18)22(31)34-13-20(30)19-8-5-17(35-23(25)26)10-21(19)36-24(27)28/h3-8,10,14-15,23-24H,9,11-13H2,1-2H3/t14-,15-/m0/s1. The fourth-order valence-corrected chi connectivity index (χ4v) is 5.79. The van der Waals surface area contributed by atoms with Crippen molar-refractivity contribution in [3.05, 3.63) is 53.6 Å².